The van der Waals surface area contributed by atoms with Crippen molar-refractivity contribution in [3.05, 3.63) is 28.3 Å². The molecule has 0 atom stereocenters. The van der Waals surface area contributed by atoms with E-state index in [4.69, 9.17) is 10.5 Å². The molecule has 2 rings (SSSR count). The largest absolute Gasteiger partial charge is 0.398 e. The van der Waals surface area contributed by atoms with E-state index in [2.05, 4.69) is 4.72 Å². The molecule has 0 amide bonds. The van der Waals surface area contributed by atoms with Crippen molar-refractivity contribution in [1.29, 1.82) is 0 Å². The quantitative estimate of drug-likeness (QED) is 0.459. The minimum atomic E-state index is -3.93. The van der Waals surface area contributed by atoms with Gasteiger partial charge in [0.15, 0.2) is 0 Å². The van der Waals surface area contributed by atoms with E-state index in [-0.39, 0.29) is 22.8 Å². The number of hydrogen-bond donors (Lipinski definition) is 2. The SMILES string of the molecule is COC1(CNS(=O)(=O)c2cc([N+](=O)[O-])ccc2N)CCC1. The van der Waals surface area contributed by atoms with Gasteiger partial charge in [-0.15, -0.1) is 0 Å². The number of methoxy groups -OCH3 is 1. The van der Waals surface area contributed by atoms with Crippen LogP contribution in [0.3, 0.4) is 0 Å². The van der Waals surface area contributed by atoms with Gasteiger partial charge in [-0.3, -0.25) is 10.1 Å². The molecule has 1 aromatic rings. The predicted molar refractivity (Wildman–Crippen MR) is 76.3 cm³/mol. The average Bonchev–Trinajstić information content (AvgIpc) is 2.38. The summed E-state index contributed by atoms with van der Waals surface area (Å²) < 4.78 is 32.3. The van der Waals surface area contributed by atoms with Crippen molar-refractivity contribution in [3.8, 4) is 0 Å². The van der Waals surface area contributed by atoms with E-state index < -0.39 is 20.5 Å². The second kappa shape index (κ2) is 5.58. The van der Waals surface area contributed by atoms with Gasteiger partial charge in [-0.25, -0.2) is 13.1 Å². The number of nitrogen functional groups attached to an aromatic ring is 1. The number of nitrogens with one attached hydrogen (secondary N) is 1. The molecular formula is C12H17N3O5S. The number of ether oxygens (including phenoxy) is 1. The lowest BCUT2D eigenvalue weighted by atomic mass is 9.80. The van der Waals surface area contributed by atoms with Gasteiger partial charge in [0, 0.05) is 25.8 Å². The number of benzene rings is 1. The van der Waals surface area contributed by atoms with Crippen LogP contribution in [0, 0.1) is 10.1 Å². The number of nitro groups is 1. The first kappa shape index (κ1) is 15.7. The monoisotopic (exact) mass is 315 g/mol. The van der Waals surface area contributed by atoms with Crippen LogP contribution in [0.1, 0.15) is 19.3 Å². The summed E-state index contributed by atoms with van der Waals surface area (Å²) in [4.78, 5) is 9.78. The first-order chi connectivity index (χ1) is 9.80. The molecule has 0 saturated heterocycles. The number of nitrogens with two attached hydrogens (primary N) is 1. The Morgan fingerprint density at radius 3 is 2.62 bits per heavy atom. The van der Waals surface area contributed by atoms with Gasteiger partial charge in [-0.05, 0) is 25.3 Å². The molecule has 0 bridgehead atoms. The Balaban J connectivity index is 2.23. The highest BCUT2D eigenvalue weighted by molar-refractivity contribution is 7.89. The first-order valence-electron chi connectivity index (χ1n) is 6.38. The fourth-order valence-electron chi connectivity index (χ4n) is 2.20. The maximum atomic E-state index is 12.3. The molecule has 1 aliphatic rings. The van der Waals surface area contributed by atoms with Crippen molar-refractivity contribution in [2.45, 2.75) is 29.8 Å². The summed E-state index contributed by atoms with van der Waals surface area (Å²) in [6.07, 6.45) is 2.53. The number of rotatable bonds is 6. The van der Waals surface area contributed by atoms with E-state index >= 15 is 0 Å². The van der Waals surface area contributed by atoms with Crippen LogP contribution < -0.4 is 10.5 Å². The fraction of sp³-hybridized carbons (Fsp3) is 0.500. The zero-order valence-corrected chi connectivity index (χ0v) is 12.4. The Hall–Kier alpha value is -1.71. The smallest absolute Gasteiger partial charge is 0.270 e. The van der Waals surface area contributed by atoms with E-state index in [9.17, 15) is 18.5 Å². The molecule has 9 heteroatoms. The highest BCUT2D eigenvalue weighted by Crippen LogP contribution is 2.34. The van der Waals surface area contributed by atoms with Crippen LogP contribution in [0.5, 0.6) is 0 Å². The molecule has 0 unspecified atom stereocenters. The number of sulfonamides is 1. The Labute approximate surface area is 122 Å². The summed E-state index contributed by atoms with van der Waals surface area (Å²) in [7, 11) is -2.39. The van der Waals surface area contributed by atoms with E-state index in [1.54, 1.807) is 0 Å². The Morgan fingerprint density at radius 2 is 2.14 bits per heavy atom. The first-order valence-corrected chi connectivity index (χ1v) is 7.87. The van der Waals surface area contributed by atoms with Crippen LogP contribution in [0.2, 0.25) is 0 Å². The van der Waals surface area contributed by atoms with Gasteiger partial charge in [0.1, 0.15) is 4.90 Å². The number of nitro benzene ring substituents is 1. The summed E-state index contributed by atoms with van der Waals surface area (Å²) in [5, 5.41) is 10.7. The van der Waals surface area contributed by atoms with Crippen LogP contribution in [0.4, 0.5) is 11.4 Å². The second-order valence-electron chi connectivity index (χ2n) is 5.04. The Morgan fingerprint density at radius 1 is 1.48 bits per heavy atom. The molecule has 1 aliphatic carbocycles. The molecule has 0 radical (unpaired) electrons. The molecule has 21 heavy (non-hydrogen) atoms. The molecule has 1 fully saturated rings. The maximum absolute atomic E-state index is 12.3. The lowest BCUT2D eigenvalue weighted by molar-refractivity contribution is -0.385. The van der Waals surface area contributed by atoms with Gasteiger partial charge < -0.3 is 10.5 Å². The topological polar surface area (TPSA) is 125 Å². The lowest BCUT2D eigenvalue weighted by Gasteiger charge is -2.40. The van der Waals surface area contributed by atoms with Crippen LogP contribution in [0.15, 0.2) is 23.1 Å². The van der Waals surface area contributed by atoms with Crippen LogP contribution >= 0.6 is 0 Å². The van der Waals surface area contributed by atoms with E-state index in [1.165, 1.54) is 13.2 Å². The number of hydrogen-bond acceptors (Lipinski definition) is 6. The van der Waals surface area contributed by atoms with Crippen LogP contribution in [-0.2, 0) is 14.8 Å². The van der Waals surface area contributed by atoms with Crippen molar-refractivity contribution < 1.29 is 18.1 Å². The van der Waals surface area contributed by atoms with Crippen molar-refractivity contribution in [3.63, 3.8) is 0 Å². The van der Waals surface area contributed by atoms with Crippen molar-refractivity contribution in [1.82, 2.24) is 4.72 Å². The minimum Gasteiger partial charge on any atom is -0.398 e. The highest BCUT2D eigenvalue weighted by Gasteiger charge is 2.38. The standard InChI is InChI=1S/C12H17N3O5S/c1-20-12(5-2-6-12)8-14-21(18,19)11-7-9(15(16)17)3-4-10(11)13/h3-4,7,14H,2,5-6,8,13H2,1H3. The molecule has 8 nitrogen and oxygen atoms in total. The molecule has 0 heterocycles. The van der Waals surface area contributed by atoms with E-state index in [1.807, 2.05) is 0 Å². The van der Waals surface area contributed by atoms with Crippen molar-refractivity contribution in [2.75, 3.05) is 19.4 Å². The summed E-state index contributed by atoms with van der Waals surface area (Å²) in [6, 6.07) is 3.33. The third kappa shape index (κ3) is 3.14. The normalized spacial score (nSPS) is 17.2. The molecule has 0 aromatic heterocycles. The Kier molecular flexibility index (Phi) is 4.17. The zero-order chi connectivity index (χ0) is 15.7. The molecule has 3 N–H and O–H groups in total. The molecule has 1 saturated carbocycles. The van der Waals surface area contributed by atoms with Crippen molar-refractivity contribution >= 4 is 21.4 Å². The lowest BCUT2D eigenvalue weighted by Crippen LogP contribution is -2.49. The number of non-ortho nitro benzene ring substituents is 1. The van der Waals surface area contributed by atoms with Gasteiger partial charge in [-0.2, -0.15) is 0 Å². The van der Waals surface area contributed by atoms with Gasteiger partial charge in [0.25, 0.3) is 5.69 Å². The van der Waals surface area contributed by atoms with Crippen molar-refractivity contribution in [2.24, 2.45) is 0 Å². The fourth-order valence-corrected chi connectivity index (χ4v) is 3.46. The predicted octanol–water partition coefficient (Wildman–Crippen LogP) is 1.02. The van der Waals surface area contributed by atoms with E-state index in [0.717, 1.165) is 31.4 Å². The summed E-state index contributed by atoms with van der Waals surface area (Å²) in [6.45, 7) is 0.119. The summed E-state index contributed by atoms with van der Waals surface area (Å²) >= 11 is 0. The summed E-state index contributed by atoms with van der Waals surface area (Å²) in [5.74, 6) is 0. The zero-order valence-electron chi connectivity index (χ0n) is 11.5. The molecule has 116 valence electrons. The third-order valence-electron chi connectivity index (χ3n) is 3.78. The molecular weight excluding hydrogens is 298 g/mol. The maximum Gasteiger partial charge on any atom is 0.270 e. The molecule has 0 aliphatic heterocycles. The van der Waals surface area contributed by atoms with Gasteiger partial charge in [0.05, 0.1) is 16.2 Å². The van der Waals surface area contributed by atoms with Crippen LogP contribution in [0.25, 0.3) is 0 Å². The van der Waals surface area contributed by atoms with E-state index in [0.29, 0.717) is 0 Å². The van der Waals surface area contributed by atoms with Gasteiger partial charge in [-0.1, -0.05) is 0 Å². The van der Waals surface area contributed by atoms with Gasteiger partial charge >= 0.3 is 0 Å². The highest BCUT2D eigenvalue weighted by atomic mass is 32.2. The third-order valence-corrected chi connectivity index (χ3v) is 5.24. The molecule has 0 spiro atoms. The number of anilines is 1. The minimum absolute atomic E-state index is 0.0341. The Bertz CT molecular complexity index is 649. The molecule has 1 aromatic carbocycles. The number of nitrogens with zero attached hydrogens (tertiary/aromatic N) is 1. The van der Waals surface area contributed by atoms with Gasteiger partial charge in [0.2, 0.25) is 10.0 Å². The average molecular weight is 315 g/mol. The summed E-state index contributed by atoms with van der Waals surface area (Å²) in [5.41, 5.74) is 4.78. The van der Waals surface area contributed by atoms with Crippen LogP contribution in [-0.4, -0.2) is 32.6 Å². The second-order valence-corrected chi connectivity index (χ2v) is 6.78.